The summed E-state index contributed by atoms with van der Waals surface area (Å²) in [5.41, 5.74) is 0.838. The molecule has 1 aliphatic rings. The van der Waals surface area contributed by atoms with Crippen molar-refractivity contribution in [1.82, 2.24) is 4.90 Å². The first-order valence-corrected chi connectivity index (χ1v) is 8.69. The molecule has 1 aliphatic heterocycles. The van der Waals surface area contributed by atoms with Crippen LogP contribution in [0.1, 0.15) is 24.6 Å². The fraction of sp³-hybridized carbons (Fsp3) is 0.571. The number of ether oxygens (including phenoxy) is 1. The van der Waals surface area contributed by atoms with Crippen LogP contribution in [0.25, 0.3) is 0 Å². The molecule has 0 unspecified atom stereocenters. The standard InChI is InChI=1S/C14H19BrN2O4S/c1-10(12-2-3-13(15)22-12)16-21-9-8-20-11-4-6-17(7-5-11)14(18)19/h2-3,11H,4-9H2,1H3,(H,18,19)/b16-10-. The lowest BCUT2D eigenvalue weighted by Crippen LogP contribution is -2.40. The van der Waals surface area contributed by atoms with E-state index in [2.05, 4.69) is 21.1 Å². The molecular weight excluding hydrogens is 372 g/mol. The Labute approximate surface area is 141 Å². The molecule has 8 heteroatoms. The van der Waals surface area contributed by atoms with E-state index in [9.17, 15) is 4.79 Å². The summed E-state index contributed by atoms with van der Waals surface area (Å²) >= 11 is 5.02. The Hall–Kier alpha value is -1.12. The zero-order valence-electron chi connectivity index (χ0n) is 12.3. The maximum Gasteiger partial charge on any atom is 0.407 e. The molecule has 1 saturated heterocycles. The van der Waals surface area contributed by atoms with Crippen LogP contribution in [0.4, 0.5) is 4.79 Å². The Morgan fingerprint density at radius 2 is 2.18 bits per heavy atom. The van der Waals surface area contributed by atoms with Gasteiger partial charge in [0, 0.05) is 13.1 Å². The molecule has 0 saturated carbocycles. The average molecular weight is 391 g/mol. The van der Waals surface area contributed by atoms with Gasteiger partial charge in [0.2, 0.25) is 0 Å². The van der Waals surface area contributed by atoms with Crippen molar-refractivity contribution >= 4 is 39.1 Å². The van der Waals surface area contributed by atoms with Crippen LogP contribution in [0.2, 0.25) is 0 Å². The van der Waals surface area contributed by atoms with E-state index in [1.54, 1.807) is 11.3 Å². The Morgan fingerprint density at radius 3 is 2.77 bits per heavy atom. The van der Waals surface area contributed by atoms with Gasteiger partial charge >= 0.3 is 6.09 Å². The number of thiophene rings is 1. The van der Waals surface area contributed by atoms with Gasteiger partial charge in [-0.1, -0.05) is 5.16 Å². The summed E-state index contributed by atoms with van der Waals surface area (Å²) in [5, 5.41) is 12.9. The molecular formula is C14H19BrN2O4S. The number of carbonyl (C=O) groups is 1. The molecule has 1 aromatic rings. The Bertz CT molecular complexity index is 527. The van der Waals surface area contributed by atoms with E-state index < -0.39 is 6.09 Å². The minimum atomic E-state index is -0.855. The minimum absolute atomic E-state index is 0.109. The molecule has 1 N–H and O–H groups in total. The highest BCUT2D eigenvalue weighted by Crippen LogP contribution is 2.22. The molecule has 0 spiro atoms. The first-order valence-electron chi connectivity index (χ1n) is 7.08. The maximum absolute atomic E-state index is 10.8. The predicted molar refractivity (Wildman–Crippen MR) is 88.8 cm³/mol. The smallest absolute Gasteiger partial charge is 0.407 e. The molecule has 6 nitrogen and oxygen atoms in total. The number of nitrogens with zero attached hydrogens (tertiary/aromatic N) is 2. The number of oxime groups is 1. The van der Waals surface area contributed by atoms with Crippen molar-refractivity contribution in [3.05, 3.63) is 20.8 Å². The lowest BCUT2D eigenvalue weighted by Gasteiger charge is -2.29. The highest BCUT2D eigenvalue weighted by molar-refractivity contribution is 9.11. The number of hydrogen-bond donors (Lipinski definition) is 1. The Kier molecular flexibility index (Phi) is 6.66. The van der Waals surface area contributed by atoms with Gasteiger partial charge in [-0.3, -0.25) is 0 Å². The highest BCUT2D eigenvalue weighted by Gasteiger charge is 2.22. The van der Waals surface area contributed by atoms with Crippen molar-refractivity contribution in [3.63, 3.8) is 0 Å². The summed E-state index contributed by atoms with van der Waals surface area (Å²) in [6.45, 7) is 3.82. The average Bonchev–Trinajstić information content (AvgIpc) is 2.94. The van der Waals surface area contributed by atoms with E-state index in [1.807, 2.05) is 19.1 Å². The van der Waals surface area contributed by atoms with Gasteiger partial charge in [0.15, 0.2) is 0 Å². The molecule has 22 heavy (non-hydrogen) atoms. The number of carboxylic acid groups (broad SMARTS) is 1. The number of hydrogen-bond acceptors (Lipinski definition) is 5. The topological polar surface area (TPSA) is 71.4 Å². The summed E-state index contributed by atoms with van der Waals surface area (Å²) in [7, 11) is 0. The monoisotopic (exact) mass is 390 g/mol. The van der Waals surface area contributed by atoms with Crippen molar-refractivity contribution in [3.8, 4) is 0 Å². The fourth-order valence-electron chi connectivity index (χ4n) is 2.16. The van der Waals surface area contributed by atoms with Gasteiger partial charge in [-0.2, -0.15) is 0 Å². The van der Waals surface area contributed by atoms with Crippen molar-refractivity contribution in [2.75, 3.05) is 26.3 Å². The molecule has 122 valence electrons. The molecule has 0 atom stereocenters. The number of halogens is 1. The molecule has 0 aliphatic carbocycles. The van der Waals surface area contributed by atoms with Crippen LogP contribution in [-0.4, -0.2) is 54.2 Å². The zero-order valence-corrected chi connectivity index (χ0v) is 14.7. The van der Waals surface area contributed by atoms with Gasteiger partial charge in [-0.25, -0.2) is 4.79 Å². The molecule has 1 fully saturated rings. The van der Waals surface area contributed by atoms with Crippen LogP contribution in [0.5, 0.6) is 0 Å². The normalized spacial score (nSPS) is 16.8. The van der Waals surface area contributed by atoms with E-state index in [0.717, 1.165) is 27.2 Å². The molecule has 0 aromatic carbocycles. The number of amides is 1. The van der Waals surface area contributed by atoms with Crippen LogP contribution < -0.4 is 0 Å². The second-order valence-electron chi connectivity index (χ2n) is 4.95. The minimum Gasteiger partial charge on any atom is -0.465 e. The summed E-state index contributed by atoms with van der Waals surface area (Å²) in [4.78, 5) is 18.5. The van der Waals surface area contributed by atoms with Gasteiger partial charge in [0.05, 0.1) is 27.1 Å². The molecule has 0 bridgehead atoms. The highest BCUT2D eigenvalue weighted by atomic mass is 79.9. The fourth-order valence-corrected chi connectivity index (χ4v) is 3.48. The summed E-state index contributed by atoms with van der Waals surface area (Å²) in [6, 6.07) is 3.97. The van der Waals surface area contributed by atoms with E-state index >= 15 is 0 Å². The SMILES string of the molecule is C/C(=N/OCCOC1CCN(C(=O)O)CC1)c1ccc(Br)s1. The van der Waals surface area contributed by atoms with Crippen molar-refractivity contribution in [1.29, 1.82) is 0 Å². The lowest BCUT2D eigenvalue weighted by atomic mass is 10.1. The van der Waals surface area contributed by atoms with Gasteiger partial charge in [0.25, 0.3) is 0 Å². The van der Waals surface area contributed by atoms with Gasteiger partial charge in [-0.15, -0.1) is 11.3 Å². The van der Waals surface area contributed by atoms with Crippen molar-refractivity contribution < 1.29 is 19.5 Å². The lowest BCUT2D eigenvalue weighted by molar-refractivity contribution is -0.0192. The molecule has 2 heterocycles. The van der Waals surface area contributed by atoms with E-state index in [1.165, 1.54) is 4.90 Å². The quantitative estimate of drug-likeness (QED) is 0.458. The van der Waals surface area contributed by atoms with Gasteiger partial charge in [-0.05, 0) is 47.8 Å². The van der Waals surface area contributed by atoms with Gasteiger partial charge in [0.1, 0.15) is 6.61 Å². The van der Waals surface area contributed by atoms with Crippen LogP contribution in [0.3, 0.4) is 0 Å². The number of piperidine rings is 1. The summed E-state index contributed by atoms with van der Waals surface area (Å²) < 4.78 is 6.75. The van der Waals surface area contributed by atoms with E-state index in [4.69, 9.17) is 14.7 Å². The summed E-state index contributed by atoms with van der Waals surface area (Å²) in [6.07, 6.45) is 0.722. The molecule has 1 amide bonds. The van der Waals surface area contributed by atoms with Gasteiger partial charge < -0.3 is 19.6 Å². The summed E-state index contributed by atoms with van der Waals surface area (Å²) in [5.74, 6) is 0. The zero-order chi connectivity index (χ0) is 15.9. The Balaban J connectivity index is 1.61. The largest absolute Gasteiger partial charge is 0.465 e. The van der Waals surface area contributed by atoms with Crippen LogP contribution in [-0.2, 0) is 9.57 Å². The van der Waals surface area contributed by atoms with Crippen LogP contribution in [0.15, 0.2) is 21.1 Å². The molecule has 0 radical (unpaired) electrons. The van der Waals surface area contributed by atoms with Crippen LogP contribution in [0, 0.1) is 0 Å². The second kappa shape index (κ2) is 8.50. The molecule has 1 aromatic heterocycles. The molecule has 2 rings (SSSR count). The van der Waals surface area contributed by atoms with Crippen molar-refractivity contribution in [2.45, 2.75) is 25.9 Å². The third kappa shape index (κ3) is 5.26. The maximum atomic E-state index is 10.8. The number of likely N-dealkylation sites (tertiary alicyclic amines) is 1. The second-order valence-corrected chi connectivity index (χ2v) is 7.42. The van der Waals surface area contributed by atoms with Crippen molar-refractivity contribution in [2.24, 2.45) is 5.16 Å². The third-order valence-electron chi connectivity index (χ3n) is 3.37. The van der Waals surface area contributed by atoms with E-state index in [0.29, 0.717) is 26.3 Å². The van der Waals surface area contributed by atoms with Crippen LogP contribution >= 0.6 is 27.3 Å². The predicted octanol–water partition coefficient (Wildman–Crippen LogP) is 3.41. The first kappa shape index (κ1) is 17.2. The van der Waals surface area contributed by atoms with E-state index in [-0.39, 0.29) is 6.10 Å². The Morgan fingerprint density at radius 1 is 1.45 bits per heavy atom. The number of rotatable bonds is 6. The first-order chi connectivity index (χ1) is 10.6. The third-order valence-corrected chi connectivity index (χ3v) is 5.10.